The highest BCUT2D eigenvalue weighted by Gasteiger charge is 2.41. The van der Waals surface area contributed by atoms with Gasteiger partial charge >= 0.3 is 0 Å². The first-order valence-electron chi connectivity index (χ1n) is 9.11. The van der Waals surface area contributed by atoms with Crippen LogP contribution in [-0.4, -0.2) is 35.5 Å². The molecule has 2 aromatic carbocycles. The maximum atomic E-state index is 12.9. The van der Waals surface area contributed by atoms with Crippen LogP contribution in [0.3, 0.4) is 0 Å². The summed E-state index contributed by atoms with van der Waals surface area (Å²) in [5.41, 5.74) is 2.12. The lowest BCUT2D eigenvalue weighted by Gasteiger charge is -2.46. The van der Waals surface area contributed by atoms with E-state index in [1.165, 1.54) is 0 Å². The van der Waals surface area contributed by atoms with Crippen LogP contribution in [0.1, 0.15) is 41.6 Å². The second-order valence-electron chi connectivity index (χ2n) is 7.16. The van der Waals surface area contributed by atoms with Gasteiger partial charge in [0.1, 0.15) is 5.66 Å². The summed E-state index contributed by atoms with van der Waals surface area (Å²) >= 11 is 0. The highest BCUT2D eigenvalue weighted by atomic mass is 16.2. The van der Waals surface area contributed by atoms with Gasteiger partial charge in [0.2, 0.25) is 5.91 Å². The minimum atomic E-state index is -0.460. The van der Waals surface area contributed by atoms with Gasteiger partial charge in [0.25, 0.3) is 5.91 Å². The number of nitrogens with zero attached hydrogens (tertiary/aromatic N) is 1. The molecule has 5 nitrogen and oxygen atoms in total. The second kappa shape index (κ2) is 6.48. The molecular weight excluding hydrogens is 326 g/mol. The molecule has 4 rings (SSSR count). The summed E-state index contributed by atoms with van der Waals surface area (Å²) in [6.45, 7) is 3.22. The predicted molar refractivity (Wildman–Crippen MR) is 101 cm³/mol. The molecule has 2 aliphatic heterocycles. The Morgan fingerprint density at radius 3 is 2.38 bits per heavy atom. The monoisotopic (exact) mass is 349 g/mol. The van der Waals surface area contributed by atoms with Crippen molar-refractivity contribution in [2.24, 2.45) is 0 Å². The molecule has 5 heteroatoms. The molecule has 2 aromatic rings. The fraction of sp³-hybridized carbons (Fsp3) is 0.333. The highest BCUT2D eigenvalue weighted by molar-refractivity contribution is 6.02. The maximum Gasteiger partial charge on any atom is 0.255 e. The summed E-state index contributed by atoms with van der Waals surface area (Å²) in [6.07, 6.45) is 1.39. The van der Waals surface area contributed by atoms with E-state index >= 15 is 0 Å². The Morgan fingerprint density at radius 2 is 1.65 bits per heavy atom. The van der Waals surface area contributed by atoms with Crippen LogP contribution in [0.4, 0.5) is 5.69 Å². The van der Waals surface area contributed by atoms with Crippen molar-refractivity contribution in [2.75, 3.05) is 18.4 Å². The fourth-order valence-corrected chi connectivity index (χ4v) is 3.88. The van der Waals surface area contributed by atoms with Crippen molar-refractivity contribution in [1.82, 2.24) is 10.2 Å². The quantitative estimate of drug-likeness (QED) is 0.876. The lowest BCUT2D eigenvalue weighted by atomic mass is 9.91. The number of amides is 2. The van der Waals surface area contributed by atoms with Crippen LogP contribution in [-0.2, 0) is 4.79 Å². The van der Waals surface area contributed by atoms with Crippen molar-refractivity contribution in [3.05, 3.63) is 65.7 Å². The number of likely N-dealkylation sites (tertiary alicyclic amines) is 1. The third kappa shape index (κ3) is 2.94. The van der Waals surface area contributed by atoms with Crippen molar-refractivity contribution in [3.8, 4) is 0 Å². The van der Waals surface area contributed by atoms with Crippen LogP contribution in [0, 0.1) is 0 Å². The number of para-hydroxylation sites is 1. The largest absolute Gasteiger partial charge is 0.362 e. The van der Waals surface area contributed by atoms with E-state index in [4.69, 9.17) is 0 Å². The minimum absolute atomic E-state index is 0.0446. The molecule has 2 N–H and O–H groups in total. The van der Waals surface area contributed by atoms with Crippen LogP contribution in [0.5, 0.6) is 0 Å². The third-order valence-electron chi connectivity index (χ3n) is 5.50. The Morgan fingerprint density at radius 1 is 1.00 bits per heavy atom. The molecule has 0 aromatic heterocycles. The van der Waals surface area contributed by atoms with E-state index in [2.05, 4.69) is 10.6 Å². The third-order valence-corrected chi connectivity index (χ3v) is 5.50. The van der Waals surface area contributed by atoms with Crippen molar-refractivity contribution in [2.45, 2.75) is 31.3 Å². The maximum absolute atomic E-state index is 12.9. The van der Waals surface area contributed by atoms with E-state index in [1.54, 1.807) is 0 Å². The number of carbonyl (C=O) groups is 2. The van der Waals surface area contributed by atoms with Gasteiger partial charge in [-0.3, -0.25) is 9.59 Å². The Bertz CT molecular complexity index is 826. The van der Waals surface area contributed by atoms with Gasteiger partial charge in [-0.2, -0.15) is 0 Å². The highest BCUT2D eigenvalue weighted by Crippen LogP contribution is 2.32. The molecule has 1 saturated heterocycles. The predicted octanol–water partition coefficient (Wildman–Crippen LogP) is 2.96. The van der Waals surface area contributed by atoms with Gasteiger partial charge in [-0.1, -0.05) is 42.5 Å². The number of benzene rings is 2. The van der Waals surface area contributed by atoms with Gasteiger partial charge < -0.3 is 15.5 Å². The summed E-state index contributed by atoms with van der Waals surface area (Å²) in [5.74, 6) is -0.0507. The molecule has 2 heterocycles. The Labute approximate surface area is 153 Å². The topological polar surface area (TPSA) is 61.4 Å². The van der Waals surface area contributed by atoms with E-state index in [9.17, 15) is 9.59 Å². The molecular formula is C21H23N3O2. The Balaban J connectivity index is 1.45. The summed E-state index contributed by atoms with van der Waals surface area (Å²) in [6, 6.07) is 17.4. The SMILES string of the molecule is C[C@H](C(=O)N1CCC2(CC1)NC(=O)c1ccccc1N2)c1ccccc1. The van der Waals surface area contributed by atoms with Crippen molar-refractivity contribution >= 4 is 17.5 Å². The average Bonchev–Trinajstić information content (AvgIpc) is 2.68. The van der Waals surface area contributed by atoms with Crippen LogP contribution in [0.25, 0.3) is 0 Å². The van der Waals surface area contributed by atoms with Crippen LogP contribution < -0.4 is 10.6 Å². The summed E-state index contributed by atoms with van der Waals surface area (Å²) in [4.78, 5) is 27.2. The number of carbonyl (C=O) groups excluding carboxylic acids is 2. The molecule has 1 atom stereocenters. The molecule has 0 bridgehead atoms. The van der Waals surface area contributed by atoms with E-state index < -0.39 is 5.66 Å². The molecule has 0 radical (unpaired) electrons. The van der Waals surface area contributed by atoms with Crippen molar-refractivity contribution in [3.63, 3.8) is 0 Å². The van der Waals surface area contributed by atoms with Gasteiger partial charge in [0.05, 0.1) is 11.5 Å². The second-order valence-corrected chi connectivity index (χ2v) is 7.16. The number of anilines is 1. The molecule has 1 fully saturated rings. The molecule has 2 amide bonds. The van der Waals surface area contributed by atoms with Gasteiger partial charge in [-0.05, 0) is 24.6 Å². The zero-order valence-electron chi connectivity index (χ0n) is 14.9. The van der Waals surface area contributed by atoms with Crippen molar-refractivity contribution in [1.29, 1.82) is 0 Å². The lowest BCUT2D eigenvalue weighted by molar-refractivity contribution is -0.134. The zero-order chi connectivity index (χ0) is 18.1. The molecule has 26 heavy (non-hydrogen) atoms. The van der Waals surface area contributed by atoms with Crippen LogP contribution >= 0.6 is 0 Å². The first-order valence-corrected chi connectivity index (χ1v) is 9.11. The smallest absolute Gasteiger partial charge is 0.255 e. The number of piperidine rings is 1. The molecule has 0 unspecified atom stereocenters. The number of hydrogen-bond acceptors (Lipinski definition) is 3. The number of rotatable bonds is 2. The van der Waals surface area contributed by atoms with E-state index in [0.717, 1.165) is 11.3 Å². The summed E-state index contributed by atoms with van der Waals surface area (Å²) in [5, 5.41) is 6.61. The normalized spacial score (nSPS) is 19.3. The first kappa shape index (κ1) is 16.6. The lowest BCUT2D eigenvalue weighted by Crippen LogP contribution is -2.62. The number of fused-ring (bicyclic) bond motifs is 1. The average molecular weight is 349 g/mol. The molecule has 0 aliphatic carbocycles. The van der Waals surface area contributed by atoms with Crippen LogP contribution in [0.15, 0.2) is 54.6 Å². The standard InChI is InChI=1S/C21H23N3O2/c1-15(16-7-3-2-4-8-16)20(26)24-13-11-21(12-14-24)22-18-10-6-5-9-17(18)19(25)23-21/h2-10,15,22H,11-14H2,1H3,(H,23,25)/t15-/m0/s1. The first-order chi connectivity index (χ1) is 12.6. The Kier molecular flexibility index (Phi) is 4.15. The number of nitrogens with one attached hydrogen (secondary N) is 2. The summed E-state index contributed by atoms with van der Waals surface area (Å²) in [7, 11) is 0. The molecule has 0 saturated carbocycles. The summed E-state index contributed by atoms with van der Waals surface area (Å²) < 4.78 is 0. The van der Waals surface area contributed by atoms with E-state index in [0.29, 0.717) is 31.5 Å². The minimum Gasteiger partial charge on any atom is -0.362 e. The van der Waals surface area contributed by atoms with Gasteiger partial charge in [-0.15, -0.1) is 0 Å². The van der Waals surface area contributed by atoms with Gasteiger partial charge in [0.15, 0.2) is 0 Å². The van der Waals surface area contributed by atoms with Crippen molar-refractivity contribution < 1.29 is 9.59 Å². The van der Waals surface area contributed by atoms with E-state index in [1.807, 2.05) is 66.4 Å². The van der Waals surface area contributed by atoms with Crippen LogP contribution in [0.2, 0.25) is 0 Å². The van der Waals surface area contributed by atoms with E-state index in [-0.39, 0.29) is 17.7 Å². The fourth-order valence-electron chi connectivity index (χ4n) is 3.88. The Hall–Kier alpha value is -2.82. The molecule has 2 aliphatic rings. The van der Waals surface area contributed by atoms with Gasteiger partial charge in [-0.25, -0.2) is 0 Å². The molecule has 134 valence electrons. The van der Waals surface area contributed by atoms with Gasteiger partial charge in [0, 0.05) is 31.6 Å². The molecule has 1 spiro atoms. The zero-order valence-corrected chi connectivity index (χ0v) is 14.9. The number of hydrogen-bond donors (Lipinski definition) is 2.